The lowest BCUT2D eigenvalue weighted by atomic mass is 9.78. The maximum Gasteiger partial charge on any atom is 0.417 e. The summed E-state index contributed by atoms with van der Waals surface area (Å²) < 4.78 is 41.7. The van der Waals surface area contributed by atoms with Gasteiger partial charge in [-0.05, 0) is 145 Å². The van der Waals surface area contributed by atoms with E-state index in [0.717, 1.165) is 74.8 Å². The molecule has 8 aliphatic rings. The zero-order valence-electron chi connectivity index (χ0n) is 61.3. The zero-order chi connectivity index (χ0) is 74.2. The fourth-order valence-corrected chi connectivity index (χ4v) is 17.4. The number of carbonyl (C=O) groups is 12. The summed E-state index contributed by atoms with van der Waals surface area (Å²) in [5.41, 5.74) is -2.32. The van der Waals surface area contributed by atoms with E-state index in [2.05, 4.69) is 16.0 Å². The van der Waals surface area contributed by atoms with E-state index >= 15 is 38.4 Å². The lowest BCUT2D eigenvalue weighted by Gasteiger charge is -2.45. The van der Waals surface area contributed by atoms with Gasteiger partial charge in [0.25, 0.3) is 0 Å². The van der Waals surface area contributed by atoms with Crippen molar-refractivity contribution in [3.63, 3.8) is 0 Å². The predicted octanol–water partition coefficient (Wildman–Crippen LogP) is 6.32. The van der Waals surface area contributed by atoms with Crippen LogP contribution in [0.5, 0.6) is 0 Å². The standard InChI is InChI=1S/C74H110ClF3N12O12/c1-10-45(2)60-70(100)83(5)46(3)65(95)90-40-34-55(90)68(98)84(6)56(42-47-23-13-11-14-24-47)67(97)82(4)44-58(91)79-53(33-31-48-30-32-51(52(75)41-48)74(76,77)78)66(96)89-39-22-29-54(89)63(93)81-73(35-17-18-36-73)72(102)87(9)62(50-25-15-16-26-50)71(101)85(7)57(69(99)88-37-19-12-20-38-88)43-59(92)86(8)61(64(94)80-60)49-27-21-28-49/h30,32,41,45-47,49-50,53-57,60-62H,10-29,31,33-40,42-44H2,1-9H3,(H,79,91)(H,80,94)(H,81,93)/t45-,46-,53-,54-,55-,56-,57-,60-,61-,62-/m0/s1. The second-order valence-electron chi connectivity index (χ2n) is 30.8. The molecular weight excluding hydrogens is 1340 g/mol. The van der Waals surface area contributed by atoms with Crippen LogP contribution >= 0.6 is 11.6 Å². The molecule has 1 aromatic rings. The number of likely N-dealkylation sites (tertiary alicyclic amines) is 1. The maximum atomic E-state index is 15.8. The van der Waals surface area contributed by atoms with E-state index in [0.29, 0.717) is 82.9 Å². The average molecular weight is 1450 g/mol. The molecule has 10 atom stereocenters. The Hall–Kier alpha value is -7.06. The van der Waals surface area contributed by atoms with Gasteiger partial charge in [0.15, 0.2) is 0 Å². The highest BCUT2D eigenvalue weighted by molar-refractivity contribution is 6.31. The molecule has 0 unspecified atom stereocenters. The van der Waals surface area contributed by atoms with Crippen LogP contribution in [0, 0.1) is 23.7 Å². The van der Waals surface area contributed by atoms with Crippen molar-refractivity contribution in [3.05, 3.63) is 34.3 Å². The minimum absolute atomic E-state index is 0.0277. The zero-order valence-corrected chi connectivity index (χ0v) is 62.1. The van der Waals surface area contributed by atoms with Crippen LogP contribution < -0.4 is 16.0 Å². The Morgan fingerprint density at radius 2 is 1.23 bits per heavy atom. The largest absolute Gasteiger partial charge is 0.417 e. The smallest absolute Gasteiger partial charge is 0.343 e. The van der Waals surface area contributed by atoms with E-state index in [1.807, 2.05) is 6.92 Å². The summed E-state index contributed by atoms with van der Waals surface area (Å²) in [6, 6.07) is -7.52. The summed E-state index contributed by atoms with van der Waals surface area (Å²) in [4.78, 5) is 194. The number of piperidine rings is 1. The van der Waals surface area contributed by atoms with Crippen molar-refractivity contribution in [1.29, 1.82) is 0 Å². The SMILES string of the molecule is CC[C@H](C)[C@@H]1NC(=O)[C@H](C2CCC2)N(C)C(=O)C[C@@H](C(=O)N2CCCCC2)N(C)C(=O)[C@H](C2CCCC2)N(C)C(=O)C2(CCCC2)NC(=O)[C@@H]2CCCN2C(=O)[C@H](CCc2ccc(C(F)(F)F)c(Cl)c2)NC(=O)CN(C)C(=O)[C@H](CC2CCCCC2)N(C)C(=O)[C@@H]2CCN2C(=O)[C@H](C)N(C)C1=O. The van der Waals surface area contributed by atoms with Gasteiger partial charge in [-0.3, -0.25) is 57.5 Å². The monoisotopic (exact) mass is 1450 g/mol. The number of carbonyl (C=O) groups excluding carboxylic acids is 12. The number of amides is 12. The molecule has 12 amide bonds. The Balaban J connectivity index is 1.08. The van der Waals surface area contributed by atoms with Gasteiger partial charge < -0.3 is 60.0 Å². The van der Waals surface area contributed by atoms with E-state index in [9.17, 15) is 32.3 Å². The second-order valence-corrected chi connectivity index (χ2v) is 31.2. The fraction of sp³-hybridized carbons (Fsp3) is 0.757. The van der Waals surface area contributed by atoms with Crippen LogP contribution in [0.3, 0.4) is 0 Å². The number of nitrogens with zero attached hydrogens (tertiary/aromatic N) is 9. The molecule has 1 spiro atoms. The van der Waals surface area contributed by atoms with Crippen molar-refractivity contribution in [2.24, 2.45) is 23.7 Å². The highest BCUT2D eigenvalue weighted by Crippen LogP contribution is 2.40. The van der Waals surface area contributed by atoms with Crippen molar-refractivity contribution in [2.45, 2.75) is 260 Å². The van der Waals surface area contributed by atoms with Gasteiger partial charge in [0.2, 0.25) is 70.9 Å². The lowest BCUT2D eigenvalue weighted by molar-refractivity contribution is -0.160. The van der Waals surface area contributed by atoms with Crippen LogP contribution in [0.2, 0.25) is 5.02 Å². The van der Waals surface area contributed by atoms with Gasteiger partial charge in [0.05, 0.1) is 23.6 Å². The number of alkyl halides is 3. The van der Waals surface area contributed by atoms with Crippen LogP contribution in [0.4, 0.5) is 13.2 Å². The summed E-state index contributed by atoms with van der Waals surface area (Å²) in [7, 11) is 8.83. The maximum absolute atomic E-state index is 15.8. The minimum Gasteiger partial charge on any atom is -0.343 e. The molecule has 28 heteroatoms. The Bertz CT molecular complexity index is 3260. The van der Waals surface area contributed by atoms with E-state index in [-0.39, 0.29) is 75.8 Å². The number of rotatable bonds is 10. The lowest BCUT2D eigenvalue weighted by Crippen LogP contribution is -2.65. The topological polar surface area (TPSA) is 270 Å². The average Bonchev–Trinajstić information content (AvgIpc) is 1.36. The Kier molecular flexibility index (Phi) is 26.5. The summed E-state index contributed by atoms with van der Waals surface area (Å²) in [6.07, 6.45) is 8.49. The number of aryl methyl sites for hydroxylation is 1. The minimum atomic E-state index is -4.76. The predicted molar refractivity (Wildman–Crippen MR) is 374 cm³/mol. The van der Waals surface area contributed by atoms with E-state index in [1.165, 1.54) is 89.6 Å². The first-order chi connectivity index (χ1) is 48.4. The Morgan fingerprint density at radius 3 is 1.82 bits per heavy atom. The molecule has 0 radical (unpaired) electrons. The van der Waals surface area contributed by atoms with E-state index in [1.54, 1.807) is 11.8 Å². The van der Waals surface area contributed by atoms with Gasteiger partial charge in [-0.1, -0.05) is 102 Å². The van der Waals surface area contributed by atoms with Gasteiger partial charge in [0, 0.05) is 68.5 Å². The molecule has 4 saturated heterocycles. The number of halogens is 4. The van der Waals surface area contributed by atoms with E-state index in [4.69, 9.17) is 11.6 Å². The first-order valence-electron chi connectivity index (χ1n) is 37.6. The van der Waals surface area contributed by atoms with Crippen LogP contribution in [0.15, 0.2) is 18.2 Å². The van der Waals surface area contributed by atoms with Gasteiger partial charge in [-0.25, -0.2) is 0 Å². The Labute approximate surface area is 603 Å². The number of nitrogens with one attached hydrogen (secondary N) is 3. The second kappa shape index (κ2) is 34.2. The van der Waals surface area contributed by atoms with Crippen molar-refractivity contribution < 1.29 is 70.7 Å². The van der Waals surface area contributed by atoms with Crippen LogP contribution in [-0.2, 0) is 70.1 Å². The van der Waals surface area contributed by atoms with Crippen molar-refractivity contribution in [1.82, 2.24) is 60.0 Å². The van der Waals surface area contributed by atoms with Gasteiger partial charge in [0.1, 0.15) is 59.9 Å². The van der Waals surface area contributed by atoms with Gasteiger partial charge >= 0.3 is 6.18 Å². The molecule has 4 heterocycles. The van der Waals surface area contributed by atoms with Gasteiger partial charge in [-0.2, -0.15) is 13.2 Å². The van der Waals surface area contributed by atoms with Gasteiger partial charge in [-0.15, -0.1) is 0 Å². The summed E-state index contributed by atoms with van der Waals surface area (Å²) in [5.74, 6) is -8.39. The quantitative estimate of drug-likeness (QED) is 0.232. The molecule has 566 valence electrons. The van der Waals surface area contributed by atoms with Crippen molar-refractivity contribution in [3.8, 4) is 0 Å². The molecule has 4 saturated carbocycles. The summed E-state index contributed by atoms with van der Waals surface area (Å²) >= 11 is 6.18. The Morgan fingerprint density at radius 1 is 0.608 bits per heavy atom. The normalized spacial score (nSPS) is 29.2. The molecule has 9 rings (SSSR count). The highest BCUT2D eigenvalue weighted by Gasteiger charge is 2.53. The molecule has 0 aromatic heterocycles. The molecule has 3 N–H and O–H groups in total. The third kappa shape index (κ3) is 17.7. The number of likely N-dealkylation sites (N-methyl/N-ethyl adjacent to an activating group) is 6. The first kappa shape index (κ1) is 79.1. The third-order valence-corrected chi connectivity index (χ3v) is 24.5. The molecule has 1 aromatic carbocycles. The molecule has 0 bridgehead atoms. The van der Waals surface area contributed by atoms with Crippen molar-refractivity contribution >= 4 is 82.5 Å². The third-order valence-electron chi connectivity index (χ3n) is 24.2. The van der Waals surface area contributed by atoms with Crippen LogP contribution in [0.25, 0.3) is 0 Å². The molecule has 102 heavy (non-hydrogen) atoms. The fourth-order valence-electron chi connectivity index (χ4n) is 17.1. The number of hydrogen-bond acceptors (Lipinski definition) is 12. The first-order valence-corrected chi connectivity index (χ1v) is 38.0. The van der Waals surface area contributed by atoms with Crippen molar-refractivity contribution in [2.75, 3.05) is 75.0 Å². The van der Waals surface area contributed by atoms with Crippen LogP contribution in [-0.4, -0.2) is 250 Å². The molecule has 4 aliphatic carbocycles. The van der Waals surface area contributed by atoms with E-state index < -0.39 is 166 Å². The molecular formula is C74H110ClF3N12O12. The number of hydrogen-bond donors (Lipinski definition) is 3. The van der Waals surface area contributed by atoms with Crippen LogP contribution in [0.1, 0.15) is 199 Å². The summed E-state index contributed by atoms with van der Waals surface area (Å²) in [5, 5.41) is 8.31. The molecule has 24 nitrogen and oxygen atoms in total. The number of fused-ring (bicyclic) bond motifs is 2. The highest BCUT2D eigenvalue weighted by atomic mass is 35.5. The number of benzene rings is 1. The molecule has 4 aliphatic heterocycles. The molecule has 8 fully saturated rings. The summed E-state index contributed by atoms with van der Waals surface area (Å²) in [6.45, 7) is 5.56.